The van der Waals surface area contributed by atoms with Gasteiger partial charge in [-0.25, -0.2) is 9.78 Å². The fourth-order valence-corrected chi connectivity index (χ4v) is 1.89. The number of pyridine rings is 1. The first-order chi connectivity index (χ1) is 9.38. The molecule has 1 aromatic heterocycles. The zero-order chi connectivity index (χ0) is 14.8. The molecule has 0 spiro atoms. The number of aromatic nitrogens is 1. The summed E-state index contributed by atoms with van der Waals surface area (Å²) in [4.78, 5) is 15.0. The summed E-state index contributed by atoms with van der Waals surface area (Å²) in [5.74, 6) is -0.0296. The lowest BCUT2D eigenvalue weighted by Crippen LogP contribution is -2.12. The molecule has 4 nitrogen and oxygen atoms in total. The molecule has 4 heteroatoms. The Labute approximate surface area is 118 Å². The van der Waals surface area contributed by atoms with E-state index in [0.29, 0.717) is 5.75 Å². The number of aromatic carboxylic acids is 1. The summed E-state index contributed by atoms with van der Waals surface area (Å²) in [7, 11) is 0. The fraction of sp³-hybridized carbons (Fsp3) is 0.250. The van der Waals surface area contributed by atoms with E-state index in [0.717, 1.165) is 5.56 Å². The largest absolute Gasteiger partial charge is 0.478 e. The number of ether oxygens (including phenoxy) is 1. The van der Waals surface area contributed by atoms with Crippen molar-refractivity contribution in [3.05, 3.63) is 53.7 Å². The monoisotopic (exact) mass is 271 g/mol. The Bertz CT molecular complexity index is 630. The summed E-state index contributed by atoms with van der Waals surface area (Å²) in [5, 5.41) is 8.98. The molecule has 2 aromatic rings. The van der Waals surface area contributed by atoms with Crippen molar-refractivity contribution in [3.8, 4) is 11.6 Å². The van der Waals surface area contributed by atoms with Gasteiger partial charge in [0.15, 0.2) is 0 Å². The van der Waals surface area contributed by atoms with Crippen LogP contribution in [0.2, 0.25) is 0 Å². The van der Waals surface area contributed by atoms with Crippen LogP contribution in [0, 0.1) is 0 Å². The summed E-state index contributed by atoms with van der Waals surface area (Å²) in [6.07, 6.45) is 1.43. The summed E-state index contributed by atoms with van der Waals surface area (Å²) >= 11 is 0. The topological polar surface area (TPSA) is 59.4 Å². The van der Waals surface area contributed by atoms with Crippen molar-refractivity contribution in [1.82, 2.24) is 4.98 Å². The molecule has 1 aromatic carbocycles. The van der Waals surface area contributed by atoms with Crippen LogP contribution in [0.25, 0.3) is 0 Å². The highest BCUT2D eigenvalue weighted by Crippen LogP contribution is 2.33. The average Bonchev–Trinajstić information content (AvgIpc) is 2.38. The predicted molar refractivity (Wildman–Crippen MR) is 76.4 cm³/mol. The lowest BCUT2D eigenvalue weighted by molar-refractivity contribution is 0.0696. The van der Waals surface area contributed by atoms with Gasteiger partial charge in [0.1, 0.15) is 5.75 Å². The number of carboxylic acid groups (broad SMARTS) is 1. The summed E-state index contributed by atoms with van der Waals surface area (Å²) in [6, 6.07) is 10.5. The van der Waals surface area contributed by atoms with Crippen LogP contribution in [0.5, 0.6) is 11.6 Å². The maximum Gasteiger partial charge on any atom is 0.335 e. The highest BCUT2D eigenvalue weighted by molar-refractivity contribution is 5.87. The van der Waals surface area contributed by atoms with Crippen LogP contribution in [-0.2, 0) is 5.41 Å². The molecule has 0 aliphatic carbocycles. The van der Waals surface area contributed by atoms with Crippen LogP contribution in [0.3, 0.4) is 0 Å². The molecule has 0 unspecified atom stereocenters. The highest BCUT2D eigenvalue weighted by atomic mass is 16.5. The fourth-order valence-electron chi connectivity index (χ4n) is 1.89. The third-order valence-corrected chi connectivity index (χ3v) is 2.89. The number of hydrogen-bond acceptors (Lipinski definition) is 3. The molecule has 0 radical (unpaired) electrons. The Morgan fingerprint density at radius 1 is 1.20 bits per heavy atom. The Hall–Kier alpha value is -2.36. The van der Waals surface area contributed by atoms with E-state index in [9.17, 15) is 4.79 Å². The minimum atomic E-state index is -0.999. The van der Waals surface area contributed by atoms with E-state index in [4.69, 9.17) is 9.84 Å². The third kappa shape index (κ3) is 3.15. The Kier molecular flexibility index (Phi) is 3.74. The van der Waals surface area contributed by atoms with Crippen LogP contribution in [0.4, 0.5) is 0 Å². The quantitative estimate of drug-likeness (QED) is 0.920. The van der Waals surface area contributed by atoms with Gasteiger partial charge in [0.05, 0.1) is 5.56 Å². The van der Waals surface area contributed by atoms with E-state index < -0.39 is 5.97 Å². The van der Waals surface area contributed by atoms with Crippen molar-refractivity contribution in [3.63, 3.8) is 0 Å². The molecule has 1 heterocycles. The first-order valence-corrected chi connectivity index (χ1v) is 6.34. The van der Waals surface area contributed by atoms with E-state index in [2.05, 4.69) is 25.8 Å². The molecular weight excluding hydrogens is 254 g/mol. The van der Waals surface area contributed by atoms with Crippen molar-refractivity contribution < 1.29 is 14.6 Å². The van der Waals surface area contributed by atoms with Crippen molar-refractivity contribution in [2.75, 3.05) is 0 Å². The Morgan fingerprint density at radius 3 is 2.55 bits per heavy atom. The first-order valence-electron chi connectivity index (χ1n) is 6.34. The Morgan fingerprint density at radius 2 is 1.90 bits per heavy atom. The van der Waals surface area contributed by atoms with Gasteiger partial charge in [-0.1, -0.05) is 39.0 Å². The Balaban J connectivity index is 2.36. The van der Waals surface area contributed by atoms with Gasteiger partial charge in [-0.15, -0.1) is 0 Å². The maximum atomic E-state index is 10.9. The predicted octanol–water partition coefficient (Wildman–Crippen LogP) is 3.87. The third-order valence-electron chi connectivity index (χ3n) is 2.89. The van der Waals surface area contributed by atoms with Crippen LogP contribution < -0.4 is 4.74 Å². The number of benzene rings is 1. The molecule has 104 valence electrons. The number of carbonyl (C=O) groups is 1. The molecular formula is C16H17NO3. The van der Waals surface area contributed by atoms with E-state index >= 15 is 0 Å². The minimum absolute atomic E-state index is 0.0685. The van der Waals surface area contributed by atoms with Gasteiger partial charge in [0, 0.05) is 17.8 Å². The summed E-state index contributed by atoms with van der Waals surface area (Å²) < 4.78 is 5.75. The number of rotatable bonds is 3. The number of hydrogen-bond donors (Lipinski definition) is 1. The van der Waals surface area contributed by atoms with E-state index in [1.54, 1.807) is 0 Å². The van der Waals surface area contributed by atoms with Gasteiger partial charge in [-0.2, -0.15) is 0 Å². The van der Waals surface area contributed by atoms with Crippen molar-refractivity contribution in [2.24, 2.45) is 0 Å². The number of nitrogens with zero attached hydrogens (tertiary/aromatic N) is 1. The van der Waals surface area contributed by atoms with Gasteiger partial charge < -0.3 is 9.84 Å². The SMILES string of the molecule is CC(C)(C)c1ccccc1Oc1cc(C(=O)O)ccn1. The van der Waals surface area contributed by atoms with Crippen LogP contribution in [0.15, 0.2) is 42.6 Å². The zero-order valence-electron chi connectivity index (χ0n) is 11.8. The molecule has 0 fully saturated rings. The van der Waals surface area contributed by atoms with Gasteiger partial charge in [0.25, 0.3) is 0 Å². The molecule has 0 aliphatic heterocycles. The summed E-state index contributed by atoms with van der Waals surface area (Å²) in [6.45, 7) is 6.28. The van der Waals surface area contributed by atoms with E-state index in [-0.39, 0.29) is 16.9 Å². The maximum absolute atomic E-state index is 10.9. The second kappa shape index (κ2) is 5.33. The smallest absolute Gasteiger partial charge is 0.335 e. The lowest BCUT2D eigenvalue weighted by atomic mass is 9.86. The molecule has 0 atom stereocenters. The molecule has 0 bridgehead atoms. The molecule has 1 N–H and O–H groups in total. The van der Waals surface area contributed by atoms with Gasteiger partial charge in [0.2, 0.25) is 5.88 Å². The normalized spacial score (nSPS) is 11.2. The number of para-hydroxylation sites is 1. The van der Waals surface area contributed by atoms with Gasteiger partial charge in [-0.05, 0) is 17.5 Å². The molecule has 0 saturated carbocycles. The van der Waals surface area contributed by atoms with Crippen LogP contribution in [0.1, 0.15) is 36.7 Å². The standard InChI is InChI=1S/C16H17NO3/c1-16(2,3)12-6-4-5-7-13(12)20-14-10-11(15(18)19)8-9-17-14/h4-10H,1-3H3,(H,18,19). The zero-order valence-corrected chi connectivity index (χ0v) is 11.8. The van der Waals surface area contributed by atoms with Gasteiger partial charge >= 0.3 is 5.97 Å². The molecule has 0 saturated heterocycles. The molecule has 0 aliphatic rings. The molecule has 20 heavy (non-hydrogen) atoms. The first kappa shape index (κ1) is 14.1. The molecule has 2 rings (SSSR count). The van der Waals surface area contributed by atoms with Crippen molar-refractivity contribution in [1.29, 1.82) is 0 Å². The highest BCUT2D eigenvalue weighted by Gasteiger charge is 2.19. The lowest BCUT2D eigenvalue weighted by Gasteiger charge is -2.22. The summed E-state index contributed by atoms with van der Waals surface area (Å²) in [5.41, 5.74) is 1.13. The van der Waals surface area contributed by atoms with Crippen molar-refractivity contribution >= 4 is 5.97 Å². The van der Waals surface area contributed by atoms with Crippen LogP contribution in [-0.4, -0.2) is 16.1 Å². The second-order valence-corrected chi connectivity index (χ2v) is 5.54. The van der Waals surface area contributed by atoms with E-state index in [1.165, 1.54) is 18.3 Å². The molecule has 0 amide bonds. The average molecular weight is 271 g/mol. The van der Waals surface area contributed by atoms with Crippen LogP contribution >= 0.6 is 0 Å². The second-order valence-electron chi connectivity index (χ2n) is 5.54. The number of carboxylic acids is 1. The van der Waals surface area contributed by atoms with Crippen molar-refractivity contribution in [2.45, 2.75) is 26.2 Å². The van der Waals surface area contributed by atoms with Gasteiger partial charge in [-0.3, -0.25) is 0 Å². The minimum Gasteiger partial charge on any atom is -0.478 e. The van der Waals surface area contributed by atoms with E-state index in [1.807, 2.05) is 24.3 Å².